The minimum atomic E-state index is -0.162. The van der Waals surface area contributed by atoms with E-state index in [0.717, 1.165) is 39.0 Å². The van der Waals surface area contributed by atoms with Gasteiger partial charge in [0.2, 0.25) is 0 Å². The number of piperidine rings is 1. The summed E-state index contributed by atoms with van der Waals surface area (Å²) in [6, 6.07) is 8.65. The molecule has 1 heterocycles. The van der Waals surface area contributed by atoms with Crippen LogP contribution in [0.2, 0.25) is 0 Å². The maximum absolute atomic E-state index is 9.66. The predicted octanol–water partition coefficient (Wildman–Crippen LogP) is 1.76. The van der Waals surface area contributed by atoms with Gasteiger partial charge in [0.1, 0.15) is 0 Å². The van der Waals surface area contributed by atoms with Gasteiger partial charge >= 0.3 is 0 Å². The number of benzene rings is 1. The molecule has 2 rings (SSSR count). The molecule has 0 amide bonds. The second-order valence-electron chi connectivity index (χ2n) is 4.69. The highest BCUT2D eigenvalue weighted by Gasteiger charge is 2.17. The Labute approximate surface area is 103 Å². The minimum absolute atomic E-state index is 0.162. The Kier molecular flexibility index (Phi) is 4.40. The van der Waals surface area contributed by atoms with Gasteiger partial charge in [-0.25, -0.2) is 0 Å². The van der Waals surface area contributed by atoms with Crippen LogP contribution in [0.5, 0.6) is 0 Å². The van der Waals surface area contributed by atoms with E-state index in [1.807, 2.05) is 0 Å². The number of nitrogens with one attached hydrogen (secondary N) is 1. The average Bonchev–Trinajstić information content (AvgIpc) is 2.37. The van der Waals surface area contributed by atoms with Crippen molar-refractivity contribution in [2.75, 3.05) is 24.5 Å². The molecule has 1 atom stereocenters. The second-order valence-corrected chi connectivity index (χ2v) is 4.69. The molecule has 17 heavy (non-hydrogen) atoms. The molecule has 2 N–H and O–H groups in total. The number of rotatable bonds is 4. The molecule has 1 aromatic carbocycles. The average molecular weight is 234 g/mol. The van der Waals surface area contributed by atoms with Crippen molar-refractivity contribution in [1.29, 1.82) is 0 Å². The van der Waals surface area contributed by atoms with Gasteiger partial charge in [-0.05, 0) is 37.1 Å². The third-order valence-corrected chi connectivity index (χ3v) is 3.28. The highest BCUT2D eigenvalue weighted by molar-refractivity contribution is 5.48. The standard InChI is InChI=1S/C14H22N2O/c1-2-15-10-12-5-7-13(8-6-12)16-9-3-4-14(17)11-16/h5-8,14-15,17H,2-4,9-11H2,1H3. The number of β-amino-alcohol motifs (C(OH)–C–C–N with tert-alkyl or cyclic N) is 1. The molecule has 1 saturated heterocycles. The third kappa shape index (κ3) is 3.45. The third-order valence-electron chi connectivity index (χ3n) is 3.28. The molecular formula is C14H22N2O. The van der Waals surface area contributed by atoms with Crippen LogP contribution in [0.25, 0.3) is 0 Å². The zero-order chi connectivity index (χ0) is 12.1. The number of hydrogen-bond acceptors (Lipinski definition) is 3. The summed E-state index contributed by atoms with van der Waals surface area (Å²) in [5, 5.41) is 13.0. The molecule has 0 aliphatic carbocycles. The molecule has 1 aromatic rings. The zero-order valence-corrected chi connectivity index (χ0v) is 10.5. The van der Waals surface area contributed by atoms with Crippen molar-refractivity contribution < 1.29 is 5.11 Å². The van der Waals surface area contributed by atoms with E-state index in [2.05, 4.69) is 41.4 Å². The minimum Gasteiger partial charge on any atom is -0.391 e. The van der Waals surface area contributed by atoms with E-state index in [0.29, 0.717) is 0 Å². The van der Waals surface area contributed by atoms with Crippen LogP contribution < -0.4 is 10.2 Å². The number of aliphatic hydroxyl groups is 1. The SMILES string of the molecule is CCNCc1ccc(N2CCCC(O)C2)cc1. The summed E-state index contributed by atoms with van der Waals surface area (Å²) in [7, 11) is 0. The lowest BCUT2D eigenvalue weighted by Crippen LogP contribution is -2.38. The van der Waals surface area contributed by atoms with Crippen molar-refractivity contribution >= 4 is 5.69 Å². The molecule has 1 aliphatic heterocycles. The highest BCUT2D eigenvalue weighted by atomic mass is 16.3. The molecule has 3 heteroatoms. The van der Waals surface area contributed by atoms with Gasteiger partial charge in [-0.1, -0.05) is 19.1 Å². The van der Waals surface area contributed by atoms with E-state index in [-0.39, 0.29) is 6.10 Å². The van der Waals surface area contributed by atoms with Crippen LogP contribution in [0.4, 0.5) is 5.69 Å². The van der Waals surface area contributed by atoms with E-state index >= 15 is 0 Å². The summed E-state index contributed by atoms with van der Waals surface area (Å²) in [5.41, 5.74) is 2.54. The molecule has 0 bridgehead atoms. The van der Waals surface area contributed by atoms with Crippen molar-refractivity contribution in [1.82, 2.24) is 5.32 Å². The van der Waals surface area contributed by atoms with Gasteiger partial charge in [-0.2, -0.15) is 0 Å². The first-order valence-electron chi connectivity index (χ1n) is 6.52. The normalized spacial score (nSPS) is 20.6. The smallest absolute Gasteiger partial charge is 0.0715 e. The zero-order valence-electron chi connectivity index (χ0n) is 10.5. The summed E-state index contributed by atoms with van der Waals surface area (Å²) >= 11 is 0. The number of anilines is 1. The first-order chi connectivity index (χ1) is 8.29. The number of aliphatic hydroxyl groups excluding tert-OH is 1. The van der Waals surface area contributed by atoms with Crippen LogP contribution in [0, 0.1) is 0 Å². The summed E-state index contributed by atoms with van der Waals surface area (Å²) in [6.07, 6.45) is 1.86. The van der Waals surface area contributed by atoms with Gasteiger partial charge < -0.3 is 15.3 Å². The Morgan fingerprint density at radius 2 is 2.12 bits per heavy atom. The summed E-state index contributed by atoms with van der Waals surface area (Å²) in [6.45, 7) is 5.87. The second kappa shape index (κ2) is 6.03. The van der Waals surface area contributed by atoms with Crippen molar-refractivity contribution in [3.05, 3.63) is 29.8 Å². The first kappa shape index (κ1) is 12.4. The van der Waals surface area contributed by atoms with Gasteiger partial charge in [-0.15, -0.1) is 0 Å². The molecule has 0 aromatic heterocycles. The largest absolute Gasteiger partial charge is 0.391 e. The molecule has 0 saturated carbocycles. The monoisotopic (exact) mass is 234 g/mol. The maximum Gasteiger partial charge on any atom is 0.0715 e. The van der Waals surface area contributed by atoms with Crippen molar-refractivity contribution in [3.63, 3.8) is 0 Å². The Hall–Kier alpha value is -1.06. The summed E-state index contributed by atoms with van der Waals surface area (Å²) < 4.78 is 0. The van der Waals surface area contributed by atoms with E-state index in [4.69, 9.17) is 0 Å². The Morgan fingerprint density at radius 1 is 1.35 bits per heavy atom. The van der Waals surface area contributed by atoms with Crippen molar-refractivity contribution in [2.45, 2.75) is 32.4 Å². The molecular weight excluding hydrogens is 212 g/mol. The Bertz CT molecular complexity index is 337. The van der Waals surface area contributed by atoms with E-state index < -0.39 is 0 Å². The fourth-order valence-electron chi connectivity index (χ4n) is 2.28. The molecule has 1 aliphatic rings. The quantitative estimate of drug-likeness (QED) is 0.833. The lowest BCUT2D eigenvalue weighted by molar-refractivity contribution is 0.154. The van der Waals surface area contributed by atoms with Gasteiger partial charge in [0.05, 0.1) is 6.10 Å². The summed E-state index contributed by atoms with van der Waals surface area (Å²) in [5.74, 6) is 0. The summed E-state index contributed by atoms with van der Waals surface area (Å²) in [4.78, 5) is 2.27. The van der Waals surface area contributed by atoms with Crippen LogP contribution >= 0.6 is 0 Å². The van der Waals surface area contributed by atoms with Crippen molar-refractivity contribution in [2.24, 2.45) is 0 Å². The predicted molar refractivity (Wildman–Crippen MR) is 71.3 cm³/mol. The molecule has 0 spiro atoms. The van der Waals surface area contributed by atoms with E-state index in [9.17, 15) is 5.11 Å². The van der Waals surface area contributed by atoms with Crippen LogP contribution in [0.3, 0.4) is 0 Å². The van der Waals surface area contributed by atoms with Crippen LogP contribution in [0.1, 0.15) is 25.3 Å². The Morgan fingerprint density at radius 3 is 2.76 bits per heavy atom. The molecule has 1 fully saturated rings. The van der Waals surface area contributed by atoms with E-state index in [1.165, 1.54) is 11.3 Å². The molecule has 0 radical (unpaired) electrons. The fraction of sp³-hybridized carbons (Fsp3) is 0.571. The van der Waals surface area contributed by atoms with Gasteiger partial charge in [0.25, 0.3) is 0 Å². The lowest BCUT2D eigenvalue weighted by Gasteiger charge is -2.32. The lowest BCUT2D eigenvalue weighted by atomic mass is 10.1. The van der Waals surface area contributed by atoms with Crippen LogP contribution in [0.15, 0.2) is 24.3 Å². The van der Waals surface area contributed by atoms with Crippen LogP contribution in [-0.4, -0.2) is 30.8 Å². The van der Waals surface area contributed by atoms with Crippen LogP contribution in [-0.2, 0) is 6.54 Å². The number of nitrogens with zero attached hydrogens (tertiary/aromatic N) is 1. The highest BCUT2D eigenvalue weighted by Crippen LogP contribution is 2.20. The molecule has 3 nitrogen and oxygen atoms in total. The fourth-order valence-corrected chi connectivity index (χ4v) is 2.28. The van der Waals surface area contributed by atoms with E-state index in [1.54, 1.807) is 0 Å². The van der Waals surface area contributed by atoms with Gasteiger partial charge in [0.15, 0.2) is 0 Å². The Balaban J connectivity index is 1.96. The maximum atomic E-state index is 9.66. The molecule has 94 valence electrons. The number of hydrogen-bond donors (Lipinski definition) is 2. The molecule has 1 unspecified atom stereocenters. The van der Waals surface area contributed by atoms with Gasteiger partial charge in [0, 0.05) is 25.3 Å². The first-order valence-corrected chi connectivity index (χ1v) is 6.52. The topological polar surface area (TPSA) is 35.5 Å². The van der Waals surface area contributed by atoms with Gasteiger partial charge in [-0.3, -0.25) is 0 Å². The van der Waals surface area contributed by atoms with Crippen molar-refractivity contribution in [3.8, 4) is 0 Å².